The Balaban J connectivity index is 0.000000263. The van der Waals surface area contributed by atoms with Crippen molar-refractivity contribution in [1.82, 2.24) is 33.6 Å². The molecule has 1 fully saturated rings. The largest absolute Gasteiger partial charge is 0.404 e. The maximum Gasteiger partial charge on any atom is 0.344 e. The van der Waals surface area contributed by atoms with Crippen LogP contribution in [0.3, 0.4) is 0 Å². The number of nitrogen functional groups attached to an aromatic ring is 1. The number of aromatic nitrogens is 7. The second-order valence-corrected chi connectivity index (χ2v) is 12.8. The second-order valence-electron chi connectivity index (χ2n) is 12.5. The molecule has 0 radical (unpaired) electrons. The van der Waals surface area contributed by atoms with Gasteiger partial charge in [-0.15, -0.1) is 0 Å². The zero-order valence-electron chi connectivity index (χ0n) is 31.0. The van der Waals surface area contributed by atoms with Gasteiger partial charge in [0.25, 0.3) is 11.5 Å². The summed E-state index contributed by atoms with van der Waals surface area (Å²) in [7, 11) is 0. The smallest absolute Gasteiger partial charge is 0.344 e. The number of halogens is 2. The molecule has 4 aromatic heterocycles. The molecule has 1 aliphatic rings. The summed E-state index contributed by atoms with van der Waals surface area (Å²) in [4.78, 5) is 79.2. The highest BCUT2D eigenvalue weighted by atomic mass is 35.5. The van der Waals surface area contributed by atoms with Gasteiger partial charge in [0.2, 0.25) is 22.9 Å². The Kier molecular flexibility index (Phi) is 13.1. The number of carbonyl (C=O) groups excluding carboxylic acids is 3. The van der Waals surface area contributed by atoms with Crippen molar-refractivity contribution < 1.29 is 47.9 Å². The topological polar surface area (TPSA) is 279 Å². The predicted octanol–water partition coefficient (Wildman–Crippen LogP) is 2.24. The number of hydrogen-bond acceptors (Lipinski definition) is 17. The van der Waals surface area contributed by atoms with E-state index in [1.807, 2.05) is 0 Å². The van der Waals surface area contributed by atoms with Crippen LogP contribution in [0.25, 0.3) is 11.2 Å². The average molecular weight is 844 g/mol. The predicted molar refractivity (Wildman–Crippen MR) is 204 cm³/mol. The summed E-state index contributed by atoms with van der Waals surface area (Å²) >= 11 is 5.77. The van der Waals surface area contributed by atoms with Crippen LogP contribution in [0.15, 0.2) is 88.8 Å². The minimum Gasteiger partial charge on any atom is -0.404 e. The number of aliphatic hydroxyl groups excluding tert-OH is 2. The molecule has 5 heterocycles. The van der Waals surface area contributed by atoms with Crippen LogP contribution < -0.4 is 26.5 Å². The molecule has 1 aliphatic heterocycles. The molecule has 0 spiro atoms. The Morgan fingerprint density at radius 1 is 1.02 bits per heavy atom. The van der Waals surface area contributed by atoms with E-state index in [2.05, 4.69) is 19.9 Å². The number of aliphatic hydroxyl groups is 2. The number of nitrogens with two attached hydrogens (primary N) is 1. The lowest BCUT2D eigenvalue weighted by molar-refractivity contribution is -0.0432. The highest BCUT2D eigenvalue weighted by Crippen LogP contribution is 2.31. The van der Waals surface area contributed by atoms with E-state index in [4.69, 9.17) is 41.4 Å². The summed E-state index contributed by atoms with van der Waals surface area (Å²) in [5.74, 6) is -4.92. The monoisotopic (exact) mass is 843 g/mol. The van der Waals surface area contributed by atoms with Gasteiger partial charge < -0.3 is 34.9 Å². The van der Waals surface area contributed by atoms with Crippen LogP contribution in [0.5, 0.6) is 11.8 Å². The number of nitriles is 1. The average Bonchev–Trinajstić information content (AvgIpc) is 3.85. The van der Waals surface area contributed by atoms with Gasteiger partial charge in [-0.3, -0.25) is 18.7 Å². The fourth-order valence-electron chi connectivity index (χ4n) is 5.63. The van der Waals surface area contributed by atoms with Crippen molar-refractivity contribution in [3.8, 4) is 17.8 Å². The third-order valence-electron chi connectivity index (χ3n) is 8.56. The van der Waals surface area contributed by atoms with Gasteiger partial charge in [-0.2, -0.15) is 29.2 Å². The fourth-order valence-corrected chi connectivity index (χ4v) is 5.80. The maximum absolute atomic E-state index is 14.2. The molecular formula is C38H31ClFN9O11. The van der Waals surface area contributed by atoms with Gasteiger partial charge in [-0.25, -0.2) is 19.4 Å². The Hall–Kier alpha value is -7.22. The summed E-state index contributed by atoms with van der Waals surface area (Å²) in [6.07, 6.45) is 0.645. The number of esters is 2. The SMILES string of the molecule is CCOCn1cc(F)c(=O)n(C(=O)c2cccc(C(=O)Oc3nc(OC(=O)c4ccccc4)ccc3C#N)c2)c1=O.Nc1nc(Cl)nc2c1ncn2[C@H]1C[C@H](O)[C@@H](CO)O1. The van der Waals surface area contributed by atoms with Gasteiger partial charge in [0, 0.05) is 24.7 Å². The van der Waals surface area contributed by atoms with Crippen LogP contribution in [0, 0.1) is 17.1 Å². The number of pyridine rings is 1. The van der Waals surface area contributed by atoms with Crippen LogP contribution in [0.1, 0.15) is 56.2 Å². The highest BCUT2D eigenvalue weighted by molar-refractivity contribution is 6.28. The molecule has 3 atom stereocenters. The molecule has 0 bridgehead atoms. The quantitative estimate of drug-likeness (QED) is 0.132. The van der Waals surface area contributed by atoms with E-state index in [0.29, 0.717) is 28.3 Å². The van der Waals surface area contributed by atoms with Crippen LogP contribution >= 0.6 is 11.6 Å². The van der Waals surface area contributed by atoms with Gasteiger partial charge in [0.15, 0.2) is 11.5 Å². The summed E-state index contributed by atoms with van der Waals surface area (Å²) in [5.41, 5.74) is 3.48. The van der Waals surface area contributed by atoms with E-state index in [-0.39, 0.29) is 57.0 Å². The molecule has 0 amide bonds. The summed E-state index contributed by atoms with van der Waals surface area (Å²) in [6, 6.07) is 17.0. The van der Waals surface area contributed by atoms with Crippen LogP contribution in [-0.2, 0) is 16.2 Å². The zero-order chi connectivity index (χ0) is 43.1. The Morgan fingerprint density at radius 3 is 2.43 bits per heavy atom. The van der Waals surface area contributed by atoms with Crippen molar-refractivity contribution in [2.45, 2.75) is 38.5 Å². The maximum atomic E-state index is 14.2. The first-order valence-corrected chi connectivity index (χ1v) is 18.0. The van der Waals surface area contributed by atoms with Crippen LogP contribution in [0.2, 0.25) is 5.28 Å². The number of carbonyl (C=O) groups is 3. The second kappa shape index (κ2) is 18.6. The molecule has 1 saturated heterocycles. The molecule has 6 aromatic rings. The fraction of sp³-hybridized carbons (Fsp3) is 0.211. The van der Waals surface area contributed by atoms with E-state index < -0.39 is 66.0 Å². The number of hydrogen-bond donors (Lipinski definition) is 3. The summed E-state index contributed by atoms with van der Waals surface area (Å²) < 4.78 is 37.7. The highest BCUT2D eigenvalue weighted by Gasteiger charge is 2.35. The molecule has 20 nitrogen and oxygen atoms in total. The molecule has 7 rings (SSSR count). The number of fused-ring (bicyclic) bond motifs is 1. The first-order valence-electron chi connectivity index (χ1n) is 17.6. The molecule has 0 saturated carbocycles. The lowest BCUT2D eigenvalue weighted by atomic mass is 10.1. The number of anilines is 1. The van der Waals surface area contributed by atoms with Crippen molar-refractivity contribution in [1.29, 1.82) is 5.26 Å². The van der Waals surface area contributed by atoms with E-state index in [0.717, 1.165) is 6.07 Å². The van der Waals surface area contributed by atoms with Crippen LogP contribution in [-0.4, -0.2) is 87.1 Å². The van der Waals surface area contributed by atoms with Gasteiger partial charge in [0.05, 0.1) is 36.4 Å². The van der Waals surface area contributed by atoms with Crippen molar-refractivity contribution in [3.63, 3.8) is 0 Å². The van der Waals surface area contributed by atoms with E-state index in [1.54, 1.807) is 35.8 Å². The normalized spacial score (nSPS) is 15.8. The Labute approximate surface area is 341 Å². The van der Waals surface area contributed by atoms with Gasteiger partial charge >= 0.3 is 17.6 Å². The van der Waals surface area contributed by atoms with Crippen LogP contribution in [0.4, 0.5) is 10.2 Å². The molecule has 22 heteroatoms. The zero-order valence-corrected chi connectivity index (χ0v) is 31.8. The molecule has 4 N–H and O–H groups in total. The number of nitrogens with zero attached hydrogens (tertiary/aromatic N) is 8. The lowest BCUT2D eigenvalue weighted by Gasteiger charge is -2.13. The Bertz CT molecular complexity index is 2760. The molecule has 308 valence electrons. The van der Waals surface area contributed by atoms with Crippen molar-refractivity contribution in [2.75, 3.05) is 18.9 Å². The van der Waals surface area contributed by atoms with Gasteiger partial charge in [0.1, 0.15) is 36.2 Å². The third-order valence-corrected chi connectivity index (χ3v) is 8.73. The van der Waals surface area contributed by atoms with Crippen molar-refractivity contribution >= 4 is 46.4 Å². The third kappa shape index (κ3) is 9.23. The minimum atomic E-state index is -1.48. The van der Waals surface area contributed by atoms with Gasteiger partial charge in [-0.1, -0.05) is 24.3 Å². The lowest BCUT2D eigenvalue weighted by Crippen LogP contribution is -2.45. The minimum absolute atomic E-state index is 0.0176. The van der Waals surface area contributed by atoms with E-state index in [1.165, 1.54) is 48.8 Å². The summed E-state index contributed by atoms with van der Waals surface area (Å²) in [5, 5.41) is 28.2. The van der Waals surface area contributed by atoms with E-state index >= 15 is 0 Å². The van der Waals surface area contributed by atoms with Crippen molar-refractivity contribution in [3.05, 3.63) is 133 Å². The number of ether oxygens (including phenoxy) is 4. The van der Waals surface area contributed by atoms with Gasteiger partial charge in [-0.05, 0) is 54.9 Å². The standard InChI is InChI=1S/C28H19FN4O8.C10H12ClN5O3/c1-2-39-16-32-15-21(29)25(35)33(28(32)38)24(34)18-9-6-10-19(13-18)27(37)41-23-20(14-30)11-12-22(31-23)40-26(36)17-7-4-3-5-8-17;11-10-14-8(12)7-9(15-10)16(3-13-7)6-1-4(18)5(2-17)19-6/h3-13,15H,2,16H2,1H3;3-6,17-18H,1-2H2,(H2,12,14,15)/t;4-,5+,6+/m.0/s1. The first kappa shape index (κ1) is 42.4. The first-order chi connectivity index (χ1) is 28.8. The number of rotatable bonds is 10. The molecule has 0 aliphatic carbocycles. The molecule has 2 aromatic carbocycles. The number of imidazole rings is 1. The Morgan fingerprint density at radius 2 is 1.73 bits per heavy atom. The van der Waals surface area contributed by atoms with Crippen molar-refractivity contribution in [2.24, 2.45) is 0 Å². The summed E-state index contributed by atoms with van der Waals surface area (Å²) in [6.45, 7) is 1.17. The number of benzene rings is 2. The molecule has 0 unspecified atom stereocenters. The molecule has 60 heavy (non-hydrogen) atoms. The van der Waals surface area contributed by atoms with E-state index in [9.17, 15) is 38.7 Å². The molecular weight excluding hydrogens is 813 g/mol.